The predicted molar refractivity (Wildman–Crippen MR) is 110 cm³/mol. The summed E-state index contributed by atoms with van der Waals surface area (Å²) in [7, 11) is 2.92. The zero-order valence-corrected chi connectivity index (χ0v) is 17.9. The number of methoxy groups -OCH3 is 1. The van der Waals surface area contributed by atoms with Crippen molar-refractivity contribution in [3.8, 4) is 5.75 Å². The largest absolute Gasteiger partial charge is 0.497 e. The van der Waals surface area contributed by atoms with E-state index in [1.165, 1.54) is 32.1 Å². The monoisotopic (exact) mass is 501 g/mol. The van der Waals surface area contributed by atoms with E-state index >= 15 is 0 Å². The number of nitrogens with zero attached hydrogens (tertiary/aromatic N) is 1. The van der Waals surface area contributed by atoms with Crippen LogP contribution in [0.5, 0.6) is 5.75 Å². The molecule has 1 aliphatic rings. The van der Waals surface area contributed by atoms with Gasteiger partial charge in [-0.05, 0) is 42.9 Å². The van der Waals surface area contributed by atoms with Gasteiger partial charge in [-0.3, -0.25) is 4.99 Å². The lowest BCUT2D eigenvalue weighted by Gasteiger charge is -2.16. The molecule has 1 aromatic rings. The molecule has 1 saturated carbocycles. The average Bonchev–Trinajstić information content (AvgIpc) is 3.44. The van der Waals surface area contributed by atoms with Gasteiger partial charge in [-0.25, -0.2) is 0 Å². The average molecular weight is 501 g/mol. The molecule has 154 valence electrons. The van der Waals surface area contributed by atoms with Gasteiger partial charge in [0, 0.05) is 33.4 Å². The van der Waals surface area contributed by atoms with Crippen LogP contribution in [-0.2, 0) is 17.5 Å². The molecule has 0 heterocycles. The minimum atomic E-state index is -4.44. The van der Waals surface area contributed by atoms with E-state index in [9.17, 15) is 13.2 Å². The van der Waals surface area contributed by atoms with Gasteiger partial charge in [0.1, 0.15) is 5.75 Å². The van der Waals surface area contributed by atoms with Crippen molar-refractivity contribution in [1.29, 1.82) is 0 Å². The van der Waals surface area contributed by atoms with E-state index < -0.39 is 11.7 Å². The molecule has 0 radical (unpaired) electrons. The van der Waals surface area contributed by atoms with E-state index in [-0.39, 0.29) is 41.8 Å². The number of hydrogen-bond donors (Lipinski definition) is 2. The summed E-state index contributed by atoms with van der Waals surface area (Å²) in [6, 6.07) is 3.93. The Morgan fingerprint density at radius 3 is 2.59 bits per heavy atom. The molecule has 2 N–H and O–H groups in total. The van der Waals surface area contributed by atoms with Gasteiger partial charge >= 0.3 is 6.18 Å². The Kier molecular flexibility index (Phi) is 10.2. The van der Waals surface area contributed by atoms with Crippen LogP contribution in [0.1, 0.15) is 30.4 Å². The Balaban J connectivity index is 0.00000364. The summed E-state index contributed by atoms with van der Waals surface area (Å²) in [5.41, 5.74) is -0.581. The summed E-state index contributed by atoms with van der Waals surface area (Å²) in [5.74, 6) is 1.37. The van der Waals surface area contributed by atoms with Crippen LogP contribution >= 0.6 is 24.0 Å². The van der Waals surface area contributed by atoms with Crippen LogP contribution in [0.3, 0.4) is 0 Å². The van der Waals surface area contributed by atoms with Crippen LogP contribution in [0.25, 0.3) is 0 Å². The third-order valence-corrected chi connectivity index (χ3v) is 4.10. The van der Waals surface area contributed by atoms with Crippen LogP contribution in [-0.4, -0.2) is 39.9 Å². The van der Waals surface area contributed by atoms with Crippen LogP contribution in [0.15, 0.2) is 23.2 Å². The fourth-order valence-electron chi connectivity index (χ4n) is 2.42. The summed E-state index contributed by atoms with van der Waals surface area (Å²) < 4.78 is 50.1. The van der Waals surface area contributed by atoms with E-state index in [1.54, 1.807) is 7.05 Å². The zero-order chi connectivity index (χ0) is 19.0. The molecule has 9 heteroatoms. The van der Waals surface area contributed by atoms with E-state index in [2.05, 4.69) is 15.6 Å². The molecular formula is C18H27F3IN3O2. The van der Waals surface area contributed by atoms with E-state index in [0.717, 1.165) is 25.0 Å². The fourth-order valence-corrected chi connectivity index (χ4v) is 2.42. The van der Waals surface area contributed by atoms with E-state index in [4.69, 9.17) is 9.47 Å². The molecule has 0 unspecified atom stereocenters. The van der Waals surface area contributed by atoms with E-state index in [0.29, 0.717) is 19.1 Å². The van der Waals surface area contributed by atoms with Gasteiger partial charge in [-0.2, -0.15) is 13.2 Å². The first-order valence-corrected chi connectivity index (χ1v) is 8.70. The maximum Gasteiger partial charge on any atom is 0.416 e. The summed E-state index contributed by atoms with van der Waals surface area (Å²) in [6.07, 6.45) is -1.11. The second kappa shape index (κ2) is 11.6. The predicted octanol–water partition coefficient (Wildman–Crippen LogP) is 3.81. The quantitative estimate of drug-likeness (QED) is 0.234. The first-order valence-electron chi connectivity index (χ1n) is 8.70. The smallest absolute Gasteiger partial charge is 0.416 e. The lowest BCUT2D eigenvalue weighted by Crippen LogP contribution is -2.38. The minimum absolute atomic E-state index is 0. The Morgan fingerprint density at radius 2 is 2.00 bits per heavy atom. The molecule has 1 aromatic carbocycles. The molecular weight excluding hydrogens is 474 g/mol. The molecule has 27 heavy (non-hydrogen) atoms. The molecule has 0 spiro atoms. The summed E-state index contributed by atoms with van der Waals surface area (Å²) in [4.78, 5) is 4.03. The van der Waals surface area contributed by atoms with Gasteiger partial charge < -0.3 is 20.1 Å². The molecule has 0 amide bonds. The number of benzene rings is 1. The molecule has 1 aliphatic carbocycles. The summed E-state index contributed by atoms with van der Waals surface area (Å²) in [5, 5.41) is 5.99. The molecule has 0 aromatic heterocycles. The van der Waals surface area contributed by atoms with Gasteiger partial charge in [0.25, 0.3) is 0 Å². The highest BCUT2D eigenvalue weighted by Gasteiger charge is 2.33. The Labute approximate surface area is 175 Å². The fraction of sp³-hybridized carbons (Fsp3) is 0.611. The topological polar surface area (TPSA) is 54.9 Å². The zero-order valence-electron chi connectivity index (χ0n) is 15.6. The van der Waals surface area contributed by atoms with Crippen LogP contribution in [0, 0.1) is 5.92 Å². The maximum absolute atomic E-state index is 13.2. The van der Waals surface area contributed by atoms with Gasteiger partial charge in [0.05, 0.1) is 12.7 Å². The van der Waals surface area contributed by atoms with Crippen molar-refractivity contribution in [2.24, 2.45) is 10.9 Å². The highest BCUT2D eigenvalue weighted by atomic mass is 127. The van der Waals surface area contributed by atoms with Crippen molar-refractivity contribution in [3.05, 3.63) is 29.3 Å². The van der Waals surface area contributed by atoms with Gasteiger partial charge in [0.2, 0.25) is 0 Å². The van der Waals surface area contributed by atoms with Crippen LogP contribution in [0.2, 0.25) is 0 Å². The number of ether oxygens (including phenoxy) is 2. The minimum Gasteiger partial charge on any atom is -0.497 e. The third-order valence-electron chi connectivity index (χ3n) is 4.10. The van der Waals surface area contributed by atoms with Gasteiger partial charge in [-0.1, -0.05) is 6.07 Å². The Morgan fingerprint density at radius 1 is 1.26 bits per heavy atom. The van der Waals surface area contributed by atoms with Crippen molar-refractivity contribution < 1.29 is 22.6 Å². The van der Waals surface area contributed by atoms with Crippen molar-refractivity contribution >= 4 is 29.9 Å². The van der Waals surface area contributed by atoms with Crippen LogP contribution in [0.4, 0.5) is 13.2 Å². The molecule has 0 atom stereocenters. The van der Waals surface area contributed by atoms with Crippen molar-refractivity contribution in [2.45, 2.75) is 32.0 Å². The standard InChI is InChI=1S/C18H26F3N3O2.HI/c1-22-17(23-8-3-9-26-12-13-4-5-13)24-11-14-6-7-15(25-2)10-16(14)18(19,20)21;/h6-7,10,13H,3-5,8-9,11-12H2,1-2H3,(H2,22,23,24);1H. The molecule has 2 rings (SSSR count). The summed E-state index contributed by atoms with van der Waals surface area (Å²) in [6.45, 7) is 2.14. The number of nitrogens with one attached hydrogen (secondary N) is 2. The third kappa shape index (κ3) is 8.54. The van der Waals surface area contributed by atoms with Crippen LogP contribution < -0.4 is 15.4 Å². The lowest BCUT2D eigenvalue weighted by atomic mass is 10.1. The summed E-state index contributed by atoms with van der Waals surface area (Å²) >= 11 is 0. The second-order valence-electron chi connectivity index (χ2n) is 6.25. The van der Waals surface area contributed by atoms with Crippen molar-refractivity contribution in [2.75, 3.05) is 33.9 Å². The Hall–Kier alpha value is -1.23. The van der Waals surface area contributed by atoms with E-state index in [1.807, 2.05) is 0 Å². The number of halogens is 4. The number of rotatable bonds is 9. The molecule has 1 fully saturated rings. The molecule has 0 saturated heterocycles. The molecule has 0 aliphatic heterocycles. The SMILES string of the molecule is CN=C(NCCCOCC1CC1)NCc1ccc(OC)cc1C(F)(F)F.I. The van der Waals surface area contributed by atoms with Crippen molar-refractivity contribution in [1.82, 2.24) is 10.6 Å². The molecule has 5 nitrogen and oxygen atoms in total. The normalized spacial score (nSPS) is 14.5. The number of guanidine groups is 1. The Bertz CT molecular complexity index is 608. The highest BCUT2D eigenvalue weighted by Crippen LogP contribution is 2.34. The van der Waals surface area contributed by atoms with Gasteiger partial charge in [0.15, 0.2) is 5.96 Å². The lowest BCUT2D eigenvalue weighted by molar-refractivity contribution is -0.138. The second-order valence-corrected chi connectivity index (χ2v) is 6.25. The number of aliphatic imine (C=N–C) groups is 1. The van der Waals surface area contributed by atoms with Crippen molar-refractivity contribution in [3.63, 3.8) is 0 Å². The maximum atomic E-state index is 13.2. The highest BCUT2D eigenvalue weighted by molar-refractivity contribution is 14.0. The number of alkyl halides is 3. The van der Waals surface area contributed by atoms with Gasteiger partial charge in [-0.15, -0.1) is 24.0 Å². The first kappa shape index (κ1) is 23.8. The first-order chi connectivity index (χ1) is 12.4. The number of hydrogen-bond acceptors (Lipinski definition) is 3. The molecule has 0 bridgehead atoms.